The molecule has 2 aliphatic rings. The van der Waals surface area contributed by atoms with Crippen molar-refractivity contribution >= 4 is 63.2 Å². The highest BCUT2D eigenvalue weighted by Crippen LogP contribution is 2.36. The van der Waals surface area contributed by atoms with E-state index in [1.165, 1.54) is 26.1 Å². The molecule has 0 unspecified atom stereocenters. The number of aromatic nitrogens is 7. The number of esters is 1. The van der Waals surface area contributed by atoms with Gasteiger partial charge in [0.2, 0.25) is 11.2 Å². The van der Waals surface area contributed by atoms with Crippen molar-refractivity contribution in [2.24, 2.45) is 0 Å². The number of halogens is 1. The van der Waals surface area contributed by atoms with E-state index in [1.807, 2.05) is 12.1 Å². The van der Waals surface area contributed by atoms with Crippen molar-refractivity contribution in [1.82, 2.24) is 43.9 Å². The maximum atomic E-state index is 12.8. The van der Waals surface area contributed by atoms with Crippen molar-refractivity contribution < 1.29 is 19.1 Å². The Morgan fingerprint density at radius 3 is 1.76 bits per heavy atom. The number of rotatable bonds is 7. The third-order valence-electron chi connectivity index (χ3n) is 9.18. The van der Waals surface area contributed by atoms with Gasteiger partial charge in [0.1, 0.15) is 28.5 Å². The van der Waals surface area contributed by atoms with Crippen LogP contribution in [-0.4, -0.2) is 96.9 Å². The number of ether oxygens (including phenoxy) is 1. The fraction of sp³-hybridized carbons (Fsp3) is 0.429. The topological polar surface area (TPSA) is 153 Å². The van der Waals surface area contributed by atoms with Crippen LogP contribution < -0.4 is 5.32 Å². The first kappa shape index (κ1) is 34.7. The van der Waals surface area contributed by atoms with E-state index in [1.54, 1.807) is 62.5 Å². The molecule has 2 aliphatic carbocycles. The summed E-state index contributed by atoms with van der Waals surface area (Å²) in [5.41, 5.74) is 3.17. The Hall–Kier alpha value is -5.11. The molecule has 2 fully saturated rings. The molecule has 5 aromatic heterocycles. The first-order chi connectivity index (χ1) is 24.0. The van der Waals surface area contributed by atoms with Crippen molar-refractivity contribution in [2.45, 2.75) is 63.5 Å². The van der Waals surface area contributed by atoms with Crippen molar-refractivity contribution in [3.63, 3.8) is 0 Å². The lowest BCUT2D eigenvalue weighted by Crippen LogP contribution is -2.25. The van der Waals surface area contributed by atoms with E-state index < -0.39 is 5.97 Å². The highest BCUT2D eigenvalue weighted by atomic mass is 35.5. The molecule has 50 heavy (non-hydrogen) atoms. The Labute approximate surface area is 294 Å². The molecule has 262 valence electrons. The lowest BCUT2D eigenvalue weighted by molar-refractivity contribution is 0.0599. The SMILES string of the molecule is CN(C)C(=O)c1cc2cnc(Cl)nc2n1C1CCCC1.COC(=O)c1ccc(Nc2ncc3cc(C(=O)N(C)C)n(C4CCCC4)c3n2)nc1. The molecule has 2 amide bonds. The summed E-state index contributed by atoms with van der Waals surface area (Å²) in [6.07, 6.45) is 13.7. The van der Waals surface area contributed by atoms with Crippen molar-refractivity contribution in [3.8, 4) is 0 Å². The average molecular weight is 701 g/mol. The zero-order chi connectivity index (χ0) is 35.5. The molecule has 2 saturated carbocycles. The third-order valence-corrected chi connectivity index (χ3v) is 9.36. The van der Waals surface area contributed by atoms with E-state index in [0.717, 1.165) is 60.6 Å². The molecule has 0 aliphatic heterocycles. The Kier molecular flexibility index (Phi) is 10.3. The molecule has 0 bridgehead atoms. The quantitative estimate of drug-likeness (QED) is 0.156. The van der Waals surface area contributed by atoms with Gasteiger partial charge in [-0.15, -0.1) is 0 Å². The Morgan fingerprint density at radius 1 is 0.760 bits per heavy atom. The number of nitrogens with zero attached hydrogens (tertiary/aromatic N) is 9. The van der Waals surface area contributed by atoms with Crippen molar-refractivity contribution in [2.75, 3.05) is 40.6 Å². The summed E-state index contributed by atoms with van der Waals surface area (Å²) in [6, 6.07) is 7.60. The van der Waals surface area contributed by atoms with Crippen LogP contribution in [-0.2, 0) is 4.74 Å². The zero-order valence-electron chi connectivity index (χ0n) is 28.9. The van der Waals surface area contributed by atoms with Gasteiger partial charge in [-0.3, -0.25) is 9.59 Å². The predicted octanol–water partition coefficient (Wildman–Crippen LogP) is 6.08. The molecule has 0 saturated heterocycles. The van der Waals surface area contributed by atoms with E-state index >= 15 is 0 Å². The van der Waals surface area contributed by atoms with Crippen molar-refractivity contribution in [3.05, 3.63) is 65.1 Å². The van der Waals surface area contributed by atoms with Gasteiger partial charge in [0.15, 0.2) is 0 Å². The van der Waals surface area contributed by atoms with Gasteiger partial charge in [-0.2, -0.15) is 9.97 Å². The number of pyridine rings is 1. The van der Waals surface area contributed by atoms with E-state index in [4.69, 9.17) is 11.6 Å². The molecule has 5 aromatic rings. The maximum Gasteiger partial charge on any atom is 0.339 e. The molecule has 14 nitrogen and oxygen atoms in total. The second-order valence-corrected chi connectivity index (χ2v) is 13.4. The first-order valence-electron chi connectivity index (χ1n) is 16.7. The van der Waals surface area contributed by atoms with Gasteiger partial charge in [0, 0.05) is 69.6 Å². The van der Waals surface area contributed by atoms with Gasteiger partial charge in [0.25, 0.3) is 11.8 Å². The zero-order valence-corrected chi connectivity index (χ0v) is 29.6. The lowest BCUT2D eigenvalue weighted by atomic mass is 10.2. The van der Waals surface area contributed by atoms with Crippen LogP contribution in [0, 0.1) is 0 Å². The standard InChI is InChI=1S/C21H24N6O3.C14H17ClN4O/c1-26(2)19(28)16-10-14-12-23-21(25-18(14)27(16)15-6-4-5-7-15)24-17-9-8-13(11-22-17)20(29)30-3;1-18(2)13(20)11-7-9-8-16-14(15)17-12(9)19(11)10-5-3-4-6-10/h8-12,15H,4-7H2,1-3H3,(H,22,23,24,25);7-8,10H,3-6H2,1-2H3. The van der Waals surface area contributed by atoms with E-state index in [9.17, 15) is 14.4 Å². The Bertz CT molecular complexity index is 2030. The van der Waals surface area contributed by atoms with Crippen LogP contribution in [0.25, 0.3) is 22.1 Å². The number of nitrogens with one attached hydrogen (secondary N) is 1. The van der Waals surface area contributed by atoms with Crippen LogP contribution in [0.2, 0.25) is 5.28 Å². The number of hydrogen-bond donors (Lipinski definition) is 1. The minimum atomic E-state index is -0.445. The van der Waals surface area contributed by atoms with Gasteiger partial charge in [-0.05, 0) is 61.5 Å². The normalized spacial score (nSPS) is 14.8. The summed E-state index contributed by atoms with van der Waals surface area (Å²) in [7, 11) is 8.35. The maximum absolute atomic E-state index is 12.8. The van der Waals surface area contributed by atoms with E-state index in [0.29, 0.717) is 34.8 Å². The number of fused-ring (bicyclic) bond motifs is 2. The summed E-state index contributed by atoms with van der Waals surface area (Å²) in [5.74, 6) is 0.382. The highest BCUT2D eigenvalue weighted by molar-refractivity contribution is 6.28. The molecule has 7 rings (SSSR count). The predicted molar refractivity (Wildman–Crippen MR) is 190 cm³/mol. The number of methoxy groups -OCH3 is 1. The number of carbonyl (C=O) groups is 3. The van der Waals surface area contributed by atoms with E-state index in [2.05, 4.69) is 44.1 Å². The Morgan fingerprint density at radius 2 is 1.28 bits per heavy atom. The second kappa shape index (κ2) is 14.8. The van der Waals surface area contributed by atoms with Crippen LogP contribution in [0.5, 0.6) is 0 Å². The minimum Gasteiger partial charge on any atom is -0.465 e. The summed E-state index contributed by atoms with van der Waals surface area (Å²) in [6.45, 7) is 0. The smallest absolute Gasteiger partial charge is 0.339 e. The molecular weight excluding hydrogens is 660 g/mol. The van der Waals surface area contributed by atoms with Gasteiger partial charge in [-0.1, -0.05) is 25.7 Å². The molecule has 0 aromatic carbocycles. The summed E-state index contributed by atoms with van der Waals surface area (Å²) in [5, 5.41) is 4.98. The largest absolute Gasteiger partial charge is 0.465 e. The van der Waals surface area contributed by atoms with E-state index in [-0.39, 0.29) is 23.1 Å². The first-order valence-corrected chi connectivity index (χ1v) is 17.1. The van der Waals surface area contributed by atoms with Crippen LogP contribution in [0.4, 0.5) is 11.8 Å². The molecule has 15 heteroatoms. The fourth-order valence-corrected chi connectivity index (χ4v) is 6.86. The lowest BCUT2D eigenvalue weighted by Gasteiger charge is -2.19. The monoisotopic (exact) mass is 700 g/mol. The molecule has 0 spiro atoms. The summed E-state index contributed by atoms with van der Waals surface area (Å²) < 4.78 is 8.80. The average Bonchev–Trinajstić information content (AvgIpc) is 3.93. The van der Waals surface area contributed by atoms with Crippen molar-refractivity contribution in [1.29, 1.82) is 0 Å². The van der Waals surface area contributed by atoms with Crippen LogP contribution >= 0.6 is 11.6 Å². The second-order valence-electron chi connectivity index (χ2n) is 13.0. The van der Waals surface area contributed by atoms with Gasteiger partial charge in [-0.25, -0.2) is 19.7 Å². The number of anilines is 2. The van der Waals surface area contributed by atoms with Crippen LogP contribution in [0.1, 0.15) is 94.8 Å². The molecule has 1 N–H and O–H groups in total. The van der Waals surface area contributed by atoms with Gasteiger partial charge < -0.3 is 29.0 Å². The van der Waals surface area contributed by atoms with Crippen LogP contribution in [0.3, 0.4) is 0 Å². The molecule has 0 atom stereocenters. The Balaban J connectivity index is 0.000000187. The minimum absolute atomic E-state index is 0.00831. The number of hydrogen-bond acceptors (Lipinski definition) is 10. The highest BCUT2D eigenvalue weighted by Gasteiger charge is 2.28. The molecule has 5 heterocycles. The number of amides is 2. The third kappa shape index (κ3) is 7.11. The van der Waals surface area contributed by atoms with Crippen LogP contribution in [0.15, 0.2) is 42.9 Å². The summed E-state index contributed by atoms with van der Waals surface area (Å²) >= 11 is 5.92. The summed E-state index contributed by atoms with van der Waals surface area (Å²) in [4.78, 5) is 61.5. The fourth-order valence-electron chi connectivity index (χ4n) is 6.73. The van der Waals surface area contributed by atoms with Gasteiger partial charge in [0.05, 0.1) is 12.7 Å². The molecule has 0 radical (unpaired) electrons. The van der Waals surface area contributed by atoms with Gasteiger partial charge >= 0.3 is 5.97 Å². The molecular formula is C35H41ClN10O4. The number of carbonyl (C=O) groups excluding carboxylic acids is 3.